The van der Waals surface area contributed by atoms with E-state index < -0.39 is 5.91 Å². The first kappa shape index (κ1) is 15.6. The fraction of sp³-hybridized carbons (Fsp3) is 0. The molecule has 0 saturated carbocycles. The highest BCUT2D eigenvalue weighted by atomic mass is 35.5. The predicted molar refractivity (Wildman–Crippen MR) is 89.3 cm³/mol. The van der Waals surface area contributed by atoms with Crippen molar-refractivity contribution in [1.29, 1.82) is 5.26 Å². The summed E-state index contributed by atoms with van der Waals surface area (Å²) in [7, 11) is 0. The van der Waals surface area contributed by atoms with Crippen LogP contribution in [0.15, 0.2) is 72.3 Å². The zero-order valence-electron chi connectivity index (χ0n) is 11.7. The highest BCUT2D eigenvalue weighted by Crippen LogP contribution is 2.20. The third-order valence-corrected chi connectivity index (χ3v) is 3.17. The second kappa shape index (κ2) is 7.82. The van der Waals surface area contributed by atoms with Crippen molar-refractivity contribution >= 4 is 29.3 Å². The summed E-state index contributed by atoms with van der Waals surface area (Å²) in [6.07, 6.45) is 4.96. The first-order valence-corrected chi connectivity index (χ1v) is 6.98. The number of nitrogens with one attached hydrogen (secondary N) is 1. The van der Waals surface area contributed by atoms with Crippen LogP contribution in [0.1, 0.15) is 5.56 Å². The molecule has 1 N–H and O–H groups in total. The molecule has 0 spiro atoms. The normalized spacial score (nSPS) is 11.2. The van der Waals surface area contributed by atoms with E-state index in [2.05, 4.69) is 5.32 Å². The summed E-state index contributed by atoms with van der Waals surface area (Å²) < 4.78 is 0. The summed E-state index contributed by atoms with van der Waals surface area (Å²) in [6, 6.07) is 18.4. The van der Waals surface area contributed by atoms with Crippen molar-refractivity contribution in [2.75, 3.05) is 5.32 Å². The highest BCUT2D eigenvalue weighted by molar-refractivity contribution is 6.33. The van der Waals surface area contributed by atoms with Crippen LogP contribution in [0.2, 0.25) is 5.02 Å². The van der Waals surface area contributed by atoms with Crippen LogP contribution in [0.4, 0.5) is 5.69 Å². The molecule has 0 atom stereocenters. The van der Waals surface area contributed by atoms with Crippen molar-refractivity contribution < 1.29 is 4.79 Å². The van der Waals surface area contributed by atoms with Crippen molar-refractivity contribution in [3.63, 3.8) is 0 Å². The van der Waals surface area contributed by atoms with Gasteiger partial charge in [-0.25, -0.2) is 0 Å². The standard InChI is InChI=1S/C18H13ClN2O/c19-16-11-4-5-12-17(16)21-18(22)15(13-20)10-6-9-14-7-2-1-3-8-14/h1-12H,(H,21,22)/b9-6+,15-10+. The molecular formula is C18H13ClN2O. The molecule has 0 aromatic heterocycles. The van der Waals surface area contributed by atoms with E-state index in [9.17, 15) is 4.79 Å². The van der Waals surface area contributed by atoms with E-state index in [1.54, 1.807) is 30.3 Å². The van der Waals surface area contributed by atoms with Gasteiger partial charge in [-0.3, -0.25) is 4.79 Å². The molecule has 0 heterocycles. The average Bonchev–Trinajstić information content (AvgIpc) is 2.54. The number of hydrogen-bond acceptors (Lipinski definition) is 2. The molecule has 1 amide bonds. The lowest BCUT2D eigenvalue weighted by molar-refractivity contribution is -0.112. The Hall–Kier alpha value is -2.83. The lowest BCUT2D eigenvalue weighted by Crippen LogP contribution is -2.13. The lowest BCUT2D eigenvalue weighted by atomic mass is 10.2. The van der Waals surface area contributed by atoms with E-state index in [1.165, 1.54) is 6.08 Å². The van der Waals surface area contributed by atoms with Gasteiger partial charge in [-0.05, 0) is 23.8 Å². The Morgan fingerprint density at radius 1 is 1.09 bits per heavy atom. The number of anilines is 1. The number of hydrogen-bond donors (Lipinski definition) is 1. The van der Waals surface area contributed by atoms with Gasteiger partial charge in [0, 0.05) is 0 Å². The van der Waals surface area contributed by atoms with Crippen LogP contribution in [-0.2, 0) is 4.79 Å². The second-order valence-corrected chi connectivity index (χ2v) is 4.80. The molecule has 108 valence electrons. The molecule has 2 rings (SSSR count). The number of nitrogens with zero attached hydrogens (tertiary/aromatic N) is 1. The van der Waals surface area contributed by atoms with Crippen molar-refractivity contribution in [1.82, 2.24) is 0 Å². The van der Waals surface area contributed by atoms with Crippen LogP contribution < -0.4 is 5.32 Å². The van der Waals surface area contributed by atoms with Gasteiger partial charge in [0.1, 0.15) is 11.6 Å². The summed E-state index contributed by atoms with van der Waals surface area (Å²) in [6.45, 7) is 0. The minimum absolute atomic E-state index is 0.00657. The first-order chi connectivity index (χ1) is 10.7. The van der Waals surface area contributed by atoms with Gasteiger partial charge in [0.25, 0.3) is 5.91 Å². The molecule has 0 aliphatic carbocycles. The van der Waals surface area contributed by atoms with Crippen LogP contribution in [0, 0.1) is 11.3 Å². The molecule has 2 aromatic carbocycles. The van der Waals surface area contributed by atoms with Gasteiger partial charge in [-0.15, -0.1) is 0 Å². The summed E-state index contributed by atoms with van der Waals surface area (Å²) in [5.41, 5.74) is 1.47. The van der Waals surface area contributed by atoms with E-state index in [-0.39, 0.29) is 5.57 Å². The summed E-state index contributed by atoms with van der Waals surface area (Å²) in [5, 5.41) is 12.1. The molecular weight excluding hydrogens is 296 g/mol. The molecule has 0 unspecified atom stereocenters. The van der Waals surface area contributed by atoms with E-state index in [4.69, 9.17) is 16.9 Å². The lowest BCUT2D eigenvalue weighted by Gasteiger charge is -2.05. The van der Waals surface area contributed by atoms with Gasteiger partial charge < -0.3 is 5.32 Å². The number of nitriles is 1. The molecule has 0 aliphatic heterocycles. The number of amides is 1. The van der Waals surface area contributed by atoms with Gasteiger partial charge in [-0.1, -0.05) is 66.2 Å². The van der Waals surface area contributed by atoms with Crippen molar-refractivity contribution in [3.8, 4) is 6.07 Å². The number of allylic oxidation sites excluding steroid dienone is 2. The van der Waals surface area contributed by atoms with Crippen molar-refractivity contribution in [3.05, 3.63) is 82.9 Å². The maximum Gasteiger partial charge on any atom is 0.266 e. The molecule has 0 saturated heterocycles. The van der Waals surface area contributed by atoms with Gasteiger partial charge in [0.15, 0.2) is 0 Å². The number of para-hydroxylation sites is 1. The van der Waals surface area contributed by atoms with Gasteiger partial charge in [0.2, 0.25) is 0 Å². The molecule has 3 nitrogen and oxygen atoms in total. The Morgan fingerprint density at radius 3 is 2.45 bits per heavy atom. The highest BCUT2D eigenvalue weighted by Gasteiger charge is 2.09. The topological polar surface area (TPSA) is 52.9 Å². The van der Waals surface area contributed by atoms with Crippen LogP contribution in [0.25, 0.3) is 6.08 Å². The third-order valence-electron chi connectivity index (χ3n) is 2.84. The molecule has 0 bridgehead atoms. The number of benzene rings is 2. The molecule has 0 aliphatic rings. The van der Waals surface area contributed by atoms with E-state index in [0.717, 1.165) is 5.56 Å². The Bertz CT molecular complexity index is 758. The fourth-order valence-electron chi connectivity index (χ4n) is 1.74. The number of rotatable bonds is 4. The Balaban J connectivity index is 2.09. The number of carbonyl (C=O) groups excluding carboxylic acids is 1. The molecule has 0 fully saturated rings. The molecule has 4 heteroatoms. The maximum absolute atomic E-state index is 12.0. The maximum atomic E-state index is 12.0. The minimum atomic E-state index is -0.492. The monoisotopic (exact) mass is 308 g/mol. The molecule has 22 heavy (non-hydrogen) atoms. The van der Waals surface area contributed by atoms with Crippen LogP contribution in [0.3, 0.4) is 0 Å². The molecule has 2 aromatic rings. The van der Waals surface area contributed by atoms with Crippen LogP contribution >= 0.6 is 11.6 Å². The summed E-state index contributed by atoms with van der Waals surface area (Å²) in [5.74, 6) is -0.492. The van der Waals surface area contributed by atoms with Gasteiger partial charge in [0.05, 0.1) is 10.7 Å². The third kappa shape index (κ3) is 4.34. The smallest absolute Gasteiger partial charge is 0.266 e. The number of halogens is 1. The number of carbonyl (C=O) groups is 1. The van der Waals surface area contributed by atoms with E-state index >= 15 is 0 Å². The Kier molecular flexibility index (Phi) is 5.53. The zero-order valence-corrected chi connectivity index (χ0v) is 12.4. The summed E-state index contributed by atoms with van der Waals surface area (Å²) in [4.78, 5) is 12.0. The predicted octanol–water partition coefficient (Wildman–Crippen LogP) is 4.44. The van der Waals surface area contributed by atoms with Gasteiger partial charge in [-0.2, -0.15) is 5.26 Å². The Labute approximate surface area is 134 Å². The van der Waals surface area contributed by atoms with E-state index in [0.29, 0.717) is 10.7 Å². The summed E-state index contributed by atoms with van der Waals surface area (Å²) >= 11 is 5.97. The minimum Gasteiger partial charge on any atom is -0.320 e. The first-order valence-electron chi connectivity index (χ1n) is 6.60. The SMILES string of the molecule is N#C/C(=C\C=C\c1ccccc1)C(=O)Nc1ccccc1Cl. The average molecular weight is 309 g/mol. The quantitative estimate of drug-likeness (QED) is 0.515. The second-order valence-electron chi connectivity index (χ2n) is 4.40. The van der Waals surface area contributed by atoms with Crippen molar-refractivity contribution in [2.24, 2.45) is 0 Å². The largest absolute Gasteiger partial charge is 0.320 e. The van der Waals surface area contributed by atoms with Crippen LogP contribution in [-0.4, -0.2) is 5.91 Å². The van der Waals surface area contributed by atoms with Crippen LogP contribution in [0.5, 0.6) is 0 Å². The Morgan fingerprint density at radius 2 is 1.77 bits per heavy atom. The molecule has 0 radical (unpaired) electrons. The fourth-order valence-corrected chi connectivity index (χ4v) is 1.92. The zero-order chi connectivity index (χ0) is 15.8. The van der Waals surface area contributed by atoms with E-state index in [1.807, 2.05) is 42.5 Å². The van der Waals surface area contributed by atoms with Crippen molar-refractivity contribution in [2.45, 2.75) is 0 Å². The van der Waals surface area contributed by atoms with Gasteiger partial charge >= 0.3 is 0 Å².